The minimum Gasteiger partial charge on any atom is -0.393 e. The van der Waals surface area contributed by atoms with Gasteiger partial charge in [-0.15, -0.1) is 0 Å². The summed E-state index contributed by atoms with van der Waals surface area (Å²) in [4.78, 5) is 0. The zero-order chi connectivity index (χ0) is 16.0. The highest BCUT2D eigenvalue weighted by atomic mass is 19.4. The van der Waals surface area contributed by atoms with E-state index in [0.717, 1.165) is 0 Å². The van der Waals surface area contributed by atoms with Crippen LogP contribution in [-0.4, -0.2) is 29.7 Å². The van der Waals surface area contributed by atoms with E-state index < -0.39 is 61.6 Å². The van der Waals surface area contributed by atoms with Gasteiger partial charge in [-0.05, 0) is 31.6 Å². The molecule has 0 bridgehead atoms. The Kier molecular flexibility index (Phi) is 4.31. The van der Waals surface area contributed by atoms with Crippen LogP contribution in [0.5, 0.6) is 0 Å². The van der Waals surface area contributed by atoms with Gasteiger partial charge in [0.15, 0.2) is 0 Å². The number of hydrogen-bond acceptors (Lipinski definition) is 1. The van der Waals surface area contributed by atoms with Crippen molar-refractivity contribution in [3.05, 3.63) is 0 Å². The molecule has 0 aromatic carbocycles. The van der Waals surface area contributed by atoms with E-state index in [0.29, 0.717) is 0 Å². The fourth-order valence-corrected chi connectivity index (χ4v) is 2.69. The van der Waals surface area contributed by atoms with Crippen LogP contribution in [0.4, 0.5) is 39.5 Å². The van der Waals surface area contributed by atoms with Crippen LogP contribution in [0.1, 0.15) is 25.7 Å². The molecule has 1 nitrogen and oxygen atoms in total. The average molecular weight is 318 g/mol. The summed E-state index contributed by atoms with van der Waals surface area (Å²) < 4.78 is 115. The molecule has 20 heavy (non-hydrogen) atoms. The summed E-state index contributed by atoms with van der Waals surface area (Å²) in [6, 6.07) is 0. The highest BCUT2D eigenvalue weighted by molar-refractivity contribution is 5.04. The zero-order valence-corrected chi connectivity index (χ0v) is 9.83. The van der Waals surface area contributed by atoms with Crippen molar-refractivity contribution < 1.29 is 44.6 Å². The topological polar surface area (TPSA) is 20.2 Å². The summed E-state index contributed by atoms with van der Waals surface area (Å²) in [6.45, 7) is 0. The molecule has 10 heteroatoms. The SMILES string of the molecule is OC1CCC(C(C(F)(F)F)(C(F)(F)F)C(F)(F)F)CC1. The van der Waals surface area contributed by atoms with E-state index in [1.54, 1.807) is 0 Å². The Balaban J connectivity index is 3.40. The molecule has 0 aromatic heterocycles. The Hall–Kier alpha value is -0.670. The van der Waals surface area contributed by atoms with Gasteiger partial charge in [0.1, 0.15) is 0 Å². The molecule has 1 saturated carbocycles. The van der Waals surface area contributed by atoms with E-state index in [1.807, 2.05) is 0 Å². The van der Waals surface area contributed by atoms with E-state index in [4.69, 9.17) is 5.11 Å². The van der Waals surface area contributed by atoms with Crippen molar-refractivity contribution >= 4 is 0 Å². The molecule has 0 aliphatic heterocycles. The normalized spacial score (nSPS) is 26.7. The highest BCUT2D eigenvalue weighted by Crippen LogP contribution is 2.65. The lowest BCUT2D eigenvalue weighted by molar-refractivity contribution is -0.445. The van der Waals surface area contributed by atoms with Crippen molar-refractivity contribution in [2.24, 2.45) is 11.3 Å². The molecule has 0 atom stereocenters. The molecule has 1 N–H and O–H groups in total. The molecule has 1 aliphatic rings. The van der Waals surface area contributed by atoms with Crippen LogP contribution in [-0.2, 0) is 0 Å². The Morgan fingerprint density at radius 3 is 1.15 bits per heavy atom. The second kappa shape index (κ2) is 4.96. The highest BCUT2D eigenvalue weighted by Gasteiger charge is 2.85. The van der Waals surface area contributed by atoms with Crippen molar-refractivity contribution in [1.29, 1.82) is 0 Å². The largest absolute Gasteiger partial charge is 0.412 e. The van der Waals surface area contributed by atoms with Gasteiger partial charge < -0.3 is 5.11 Å². The molecule has 0 heterocycles. The Labute approximate surface area is 107 Å². The number of aliphatic hydroxyl groups excluding tert-OH is 1. The molecule has 1 rings (SSSR count). The summed E-state index contributed by atoms with van der Waals surface area (Å²) in [7, 11) is 0. The number of hydrogen-bond donors (Lipinski definition) is 1. The van der Waals surface area contributed by atoms with E-state index >= 15 is 0 Å². The molecule has 0 radical (unpaired) electrons. The van der Waals surface area contributed by atoms with E-state index in [2.05, 4.69) is 0 Å². The molecule has 120 valence electrons. The molecule has 0 aromatic rings. The quantitative estimate of drug-likeness (QED) is 0.718. The van der Waals surface area contributed by atoms with Crippen LogP contribution in [0.3, 0.4) is 0 Å². The van der Waals surface area contributed by atoms with E-state index in [9.17, 15) is 39.5 Å². The molecule has 1 aliphatic carbocycles. The lowest BCUT2D eigenvalue weighted by Crippen LogP contribution is -2.64. The number of halogens is 9. The smallest absolute Gasteiger partial charge is 0.393 e. The van der Waals surface area contributed by atoms with Crippen LogP contribution in [0, 0.1) is 11.3 Å². The third-order valence-corrected chi connectivity index (χ3v) is 3.65. The minimum atomic E-state index is -6.50. The van der Waals surface area contributed by atoms with Crippen molar-refractivity contribution in [2.45, 2.75) is 50.3 Å². The first-order valence-electron chi connectivity index (χ1n) is 5.63. The van der Waals surface area contributed by atoms with Crippen LogP contribution < -0.4 is 0 Å². The number of aliphatic hydroxyl groups is 1. The van der Waals surface area contributed by atoms with Gasteiger partial charge in [0.2, 0.25) is 0 Å². The van der Waals surface area contributed by atoms with Crippen LogP contribution in [0.15, 0.2) is 0 Å². The lowest BCUT2D eigenvalue weighted by Gasteiger charge is -2.45. The Bertz CT molecular complexity index is 296. The van der Waals surface area contributed by atoms with Gasteiger partial charge in [-0.2, -0.15) is 39.5 Å². The fourth-order valence-electron chi connectivity index (χ4n) is 2.69. The molecule has 0 unspecified atom stereocenters. The van der Waals surface area contributed by atoms with E-state index in [-0.39, 0.29) is 0 Å². The fraction of sp³-hybridized carbons (Fsp3) is 1.00. The Morgan fingerprint density at radius 1 is 0.600 bits per heavy atom. The third-order valence-electron chi connectivity index (χ3n) is 3.65. The van der Waals surface area contributed by atoms with E-state index in [1.165, 1.54) is 0 Å². The van der Waals surface area contributed by atoms with Crippen LogP contribution in [0.25, 0.3) is 0 Å². The van der Waals surface area contributed by atoms with Gasteiger partial charge in [-0.1, -0.05) is 0 Å². The first-order valence-corrected chi connectivity index (χ1v) is 5.63. The second-order valence-electron chi connectivity index (χ2n) is 4.81. The van der Waals surface area contributed by atoms with Gasteiger partial charge >= 0.3 is 18.5 Å². The lowest BCUT2D eigenvalue weighted by atomic mass is 9.66. The van der Waals surface area contributed by atoms with Gasteiger partial charge in [0.05, 0.1) is 6.10 Å². The molecular weight excluding hydrogens is 307 g/mol. The first-order chi connectivity index (χ1) is 8.75. The zero-order valence-electron chi connectivity index (χ0n) is 9.83. The van der Waals surface area contributed by atoms with Gasteiger partial charge in [-0.3, -0.25) is 0 Å². The van der Waals surface area contributed by atoms with Crippen molar-refractivity contribution in [1.82, 2.24) is 0 Å². The van der Waals surface area contributed by atoms with Crippen molar-refractivity contribution in [2.75, 3.05) is 0 Å². The predicted octanol–water partition coefficient (Wildman–Crippen LogP) is 4.21. The maximum absolute atomic E-state index is 12.7. The van der Waals surface area contributed by atoms with Crippen LogP contribution in [0.2, 0.25) is 0 Å². The summed E-state index contributed by atoms with van der Waals surface area (Å²) in [5.74, 6) is -2.68. The maximum atomic E-state index is 12.7. The molecule has 0 spiro atoms. The number of rotatable bonds is 1. The van der Waals surface area contributed by atoms with Crippen molar-refractivity contribution in [3.63, 3.8) is 0 Å². The molecule has 0 saturated heterocycles. The number of alkyl halides is 9. The molecular formula is C10H11F9O. The molecule has 1 fully saturated rings. The van der Waals surface area contributed by atoms with Gasteiger partial charge in [0, 0.05) is 0 Å². The summed E-state index contributed by atoms with van der Waals surface area (Å²) >= 11 is 0. The third kappa shape index (κ3) is 2.58. The van der Waals surface area contributed by atoms with Crippen LogP contribution >= 0.6 is 0 Å². The summed E-state index contributed by atoms with van der Waals surface area (Å²) in [5.41, 5.74) is -5.74. The average Bonchev–Trinajstić information content (AvgIpc) is 2.14. The predicted molar refractivity (Wildman–Crippen MR) is 48.6 cm³/mol. The van der Waals surface area contributed by atoms with Gasteiger partial charge in [0.25, 0.3) is 5.41 Å². The monoisotopic (exact) mass is 318 g/mol. The maximum Gasteiger partial charge on any atom is 0.412 e. The first kappa shape index (κ1) is 17.4. The molecule has 0 amide bonds. The standard InChI is InChI=1S/C10H11F9O/c11-8(12,13)7(9(14,15)16,10(17,18)19)5-1-3-6(20)4-2-5/h5-6,20H,1-4H2. The second-order valence-corrected chi connectivity index (χ2v) is 4.81. The van der Waals surface area contributed by atoms with Crippen molar-refractivity contribution in [3.8, 4) is 0 Å². The Morgan fingerprint density at radius 2 is 0.900 bits per heavy atom. The van der Waals surface area contributed by atoms with Gasteiger partial charge in [-0.25, -0.2) is 0 Å². The summed E-state index contributed by atoms with van der Waals surface area (Å²) in [5, 5.41) is 9.06. The minimum absolute atomic E-state index is 0.519. The summed E-state index contributed by atoms with van der Waals surface area (Å²) in [6.07, 6.45) is -23.7.